The van der Waals surface area contributed by atoms with Crippen LogP contribution in [0.3, 0.4) is 0 Å². The molecule has 12 aromatic rings. The first-order valence-corrected chi connectivity index (χ1v) is 25.0. The van der Waals surface area contributed by atoms with Crippen molar-refractivity contribution in [3.8, 4) is 77.9 Å². The summed E-state index contributed by atoms with van der Waals surface area (Å²) in [4.78, 5) is 2.50. The summed E-state index contributed by atoms with van der Waals surface area (Å²) in [5, 5.41) is 2.51. The molecule has 14 rings (SSSR count). The first-order chi connectivity index (χ1) is 35.7. The Morgan fingerprint density at radius 1 is 0.222 bits per heavy atom. The monoisotopic (exact) mass is 913 g/mol. The third-order valence-electron chi connectivity index (χ3n) is 15.3. The first kappa shape index (κ1) is 41.7. The average molecular weight is 914 g/mol. The molecule has 1 nitrogen and oxygen atoms in total. The molecular weight excluding hydrogens is 867 g/mol. The van der Waals surface area contributed by atoms with E-state index in [0.29, 0.717) is 0 Å². The third kappa shape index (κ3) is 6.55. The Hall–Kier alpha value is -9.30. The second-order valence-electron chi connectivity index (χ2n) is 19.1. The standard InChI is InChI=1S/C71H47N/c1-3-19-52(20-4-1)58-24-9-10-28-63(58)70-59(53-21-5-2-6-22-53)29-17-33-69(70)72(56-42-40-50(41-43-56)49-34-36-51(37-35-49)55-39-38-48-18-7-8-23-54(48)46-55)57-44-45-68-64(47-57)62-27-13-16-32-67(62)71(68)65-30-14-11-25-60(65)61-26-12-15-31-66(61)71/h1-47H. The van der Waals surface area contributed by atoms with Gasteiger partial charge in [-0.25, -0.2) is 0 Å². The molecule has 0 N–H and O–H groups in total. The number of hydrogen-bond acceptors (Lipinski definition) is 1. The van der Waals surface area contributed by atoms with E-state index in [1.54, 1.807) is 0 Å². The molecule has 12 aromatic carbocycles. The van der Waals surface area contributed by atoms with Crippen molar-refractivity contribution < 1.29 is 0 Å². The van der Waals surface area contributed by atoms with Gasteiger partial charge in [0.05, 0.1) is 11.1 Å². The highest BCUT2D eigenvalue weighted by Gasteiger charge is 2.51. The molecule has 0 fully saturated rings. The van der Waals surface area contributed by atoms with Crippen LogP contribution in [-0.2, 0) is 5.41 Å². The normalized spacial score (nSPS) is 12.6. The van der Waals surface area contributed by atoms with Gasteiger partial charge in [-0.2, -0.15) is 0 Å². The van der Waals surface area contributed by atoms with Crippen LogP contribution in [0.15, 0.2) is 285 Å². The van der Waals surface area contributed by atoms with Crippen molar-refractivity contribution in [2.24, 2.45) is 0 Å². The van der Waals surface area contributed by atoms with Crippen molar-refractivity contribution in [1.82, 2.24) is 0 Å². The highest BCUT2D eigenvalue weighted by molar-refractivity contribution is 6.03. The molecule has 0 atom stereocenters. The number of fused-ring (bicyclic) bond motifs is 11. The van der Waals surface area contributed by atoms with Gasteiger partial charge in [-0.1, -0.05) is 249 Å². The minimum Gasteiger partial charge on any atom is -0.310 e. The van der Waals surface area contributed by atoms with Gasteiger partial charge in [0, 0.05) is 16.9 Å². The van der Waals surface area contributed by atoms with Crippen molar-refractivity contribution in [3.05, 3.63) is 307 Å². The van der Waals surface area contributed by atoms with E-state index in [2.05, 4.69) is 290 Å². The fourth-order valence-corrected chi connectivity index (χ4v) is 12.1. The van der Waals surface area contributed by atoms with Crippen LogP contribution in [0, 0.1) is 0 Å². The molecule has 0 amide bonds. The summed E-state index contributed by atoms with van der Waals surface area (Å²) in [7, 11) is 0. The topological polar surface area (TPSA) is 3.24 Å². The van der Waals surface area contributed by atoms with Gasteiger partial charge in [0.2, 0.25) is 0 Å². The van der Waals surface area contributed by atoms with Crippen molar-refractivity contribution >= 4 is 27.8 Å². The van der Waals surface area contributed by atoms with Crippen molar-refractivity contribution in [2.75, 3.05) is 4.90 Å². The zero-order chi connectivity index (χ0) is 47.6. The number of rotatable bonds is 8. The van der Waals surface area contributed by atoms with E-state index < -0.39 is 5.41 Å². The molecule has 72 heavy (non-hydrogen) atoms. The number of nitrogens with zero attached hydrogens (tertiary/aromatic N) is 1. The zero-order valence-corrected chi connectivity index (χ0v) is 39.6. The lowest BCUT2D eigenvalue weighted by atomic mass is 9.70. The van der Waals surface area contributed by atoms with Gasteiger partial charge in [0.25, 0.3) is 0 Å². The molecule has 0 bridgehead atoms. The molecular formula is C71H47N. The zero-order valence-electron chi connectivity index (χ0n) is 39.6. The summed E-state index contributed by atoms with van der Waals surface area (Å²) in [5.41, 5.74) is 25.2. The van der Waals surface area contributed by atoms with Crippen LogP contribution >= 0.6 is 0 Å². The quantitative estimate of drug-likeness (QED) is 0.147. The van der Waals surface area contributed by atoms with E-state index in [4.69, 9.17) is 0 Å². The lowest BCUT2D eigenvalue weighted by Gasteiger charge is -2.32. The van der Waals surface area contributed by atoms with Gasteiger partial charge in [0.15, 0.2) is 0 Å². The van der Waals surface area contributed by atoms with E-state index in [-0.39, 0.29) is 0 Å². The van der Waals surface area contributed by atoms with E-state index in [1.807, 2.05) is 0 Å². The summed E-state index contributed by atoms with van der Waals surface area (Å²) in [6, 6.07) is 105. The van der Waals surface area contributed by atoms with Gasteiger partial charge < -0.3 is 4.90 Å². The summed E-state index contributed by atoms with van der Waals surface area (Å²) in [5.74, 6) is 0. The van der Waals surface area contributed by atoms with Crippen LogP contribution < -0.4 is 4.90 Å². The summed E-state index contributed by atoms with van der Waals surface area (Å²) < 4.78 is 0. The molecule has 0 aliphatic heterocycles. The summed E-state index contributed by atoms with van der Waals surface area (Å²) in [6.07, 6.45) is 0. The lowest BCUT2D eigenvalue weighted by molar-refractivity contribution is 0.794. The maximum absolute atomic E-state index is 2.50. The van der Waals surface area contributed by atoms with Crippen LogP contribution in [0.5, 0.6) is 0 Å². The fraction of sp³-hybridized carbons (Fsp3) is 0.0141. The summed E-state index contributed by atoms with van der Waals surface area (Å²) >= 11 is 0. The molecule has 0 heterocycles. The van der Waals surface area contributed by atoms with Crippen molar-refractivity contribution in [3.63, 3.8) is 0 Å². The van der Waals surface area contributed by atoms with E-state index in [0.717, 1.165) is 17.1 Å². The molecule has 0 saturated carbocycles. The molecule has 0 unspecified atom stereocenters. The maximum atomic E-state index is 2.50. The maximum Gasteiger partial charge on any atom is 0.0725 e. The van der Waals surface area contributed by atoms with Crippen LogP contribution in [0.2, 0.25) is 0 Å². The smallest absolute Gasteiger partial charge is 0.0725 e. The van der Waals surface area contributed by atoms with Gasteiger partial charge in [0.1, 0.15) is 0 Å². The minimum atomic E-state index is -0.430. The Labute approximate surface area is 421 Å². The van der Waals surface area contributed by atoms with E-state index in [9.17, 15) is 0 Å². The minimum absolute atomic E-state index is 0.430. The van der Waals surface area contributed by atoms with E-state index >= 15 is 0 Å². The van der Waals surface area contributed by atoms with Crippen LogP contribution in [0.25, 0.3) is 88.7 Å². The second kappa shape index (κ2) is 17.0. The molecule has 1 heteroatoms. The van der Waals surface area contributed by atoms with Crippen LogP contribution in [-0.4, -0.2) is 0 Å². The average Bonchev–Trinajstić information content (AvgIpc) is 3.93. The Morgan fingerprint density at radius 2 is 0.653 bits per heavy atom. The molecule has 1 spiro atoms. The lowest BCUT2D eigenvalue weighted by Crippen LogP contribution is -2.25. The van der Waals surface area contributed by atoms with Crippen LogP contribution in [0.4, 0.5) is 17.1 Å². The Bertz CT molecular complexity index is 3970. The van der Waals surface area contributed by atoms with Gasteiger partial charge in [-0.05, 0) is 142 Å². The third-order valence-corrected chi connectivity index (χ3v) is 15.3. The SMILES string of the molecule is c1ccc(-c2ccccc2-c2c(-c3ccccc3)cccc2N(c2ccc(-c3ccc(-c4ccc5ccccc5c4)cc3)cc2)c2ccc3c(c2)-c2ccccc2C32c3ccccc3-c3ccccc32)cc1. The van der Waals surface area contributed by atoms with Crippen molar-refractivity contribution in [1.29, 1.82) is 0 Å². The van der Waals surface area contributed by atoms with E-state index in [1.165, 1.54) is 111 Å². The van der Waals surface area contributed by atoms with Gasteiger partial charge >= 0.3 is 0 Å². The Kier molecular flexibility index (Phi) is 9.82. The number of benzene rings is 12. The molecule has 0 saturated heterocycles. The largest absolute Gasteiger partial charge is 0.310 e. The van der Waals surface area contributed by atoms with Crippen LogP contribution in [0.1, 0.15) is 22.3 Å². The Balaban J connectivity index is 0.972. The molecule has 0 radical (unpaired) electrons. The molecule has 2 aliphatic rings. The predicted octanol–water partition coefficient (Wildman–Crippen LogP) is 19.0. The highest BCUT2D eigenvalue weighted by atomic mass is 15.1. The predicted molar refractivity (Wildman–Crippen MR) is 302 cm³/mol. The highest BCUT2D eigenvalue weighted by Crippen LogP contribution is 2.63. The van der Waals surface area contributed by atoms with Crippen molar-refractivity contribution in [2.45, 2.75) is 5.41 Å². The second-order valence-corrected chi connectivity index (χ2v) is 19.1. The fourth-order valence-electron chi connectivity index (χ4n) is 12.1. The number of hydrogen-bond donors (Lipinski definition) is 0. The van der Waals surface area contributed by atoms with Gasteiger partial charge in [-0.15, -0.1) is 0 Å². The molecule has 336 valence electrons. The Morgan fingerprint density at radius 3 is 1.28 bits per heavy atom. The number of anilines is 3. The first-order valence-electron chi connectivity index (χ1n) is 25.0. The summed E-state index contributed by atoms with van der Waals surface area (Å²) in [6.45, 7) is 0. The molecule has 0 aromatic heterocycles. The van der Waals surface area contributed by atoms with Gasteiger partial charge in [-0.3, -0.25) is 0 Å². The molecule has 2 aliphatic carbocycles.